The molecule has 2 amide bonds. The Balaban J connectivity index is 1.71. The van der Waals surface area contributed by atoms with Gasteiger partial charge < -0.3 is 15.0 Å². The molecule has 1 saturated heterocycles. The molecule has 2 fully saturated rings. The monoisotopic (exact) mass is 306 g/mol. The third kappa shape index (κ3) is 3.14. The Kier molecular flexibility index (Phi) is 3.90. The summed E-state index contributed by atoms with van der Waals surface area (Å²) in [5, 5.41) is 7.07. The Morgan fingerprint density at radius 2 is 1.91 bits per heavy atom. The topological polar surface area (TPSA) is 76.5 Å². The van der Waals surface area contributed by atoms with E-state index in [1.165, 1.54) is 0 Å². The van der Waals surface area contributed by atoms with Gasteiger partial charge in [-0.15, -0.1) is 0 Å². The Morgan fingerprint density at radius 3 is 2.50 bits per heavy atom. The van der Waals surface area contributed by atoms with Crippen LogP contribution in [0.5, 0.6) is 0 Å². The molecule has 2 unspecified atom stereocenters. The summed E-state index contributed by atoms with van der Waals surface area (Å²) < 4.78 is 7.18. The third-order valence-electron chi connectivity index (χ3n) is 4.01. The Labute approximate surface area is 129 Å². The van der Waals surface area contributed by atoms with Crippen molar-refractivity contribution in [1.29, 1.82) is 0 Å². The lowest BCUT2D eigenvalue weighted by Gasteiger charge is -2.34. The van der Waals surface area contributed by atoms with Crippen LogP contribution in [0.2, 0.25) is 0 Å². The van der Waals surface area contributed by atoms with Gasteiger partial charge in [-0.05, 0) is 26.7 Å². The number of anilines is 1. The van der Waals surface area contributed by atoms with Crippen LogP contribution in [0, 0.1) is 5.92 Å². The van der Waals surface area contributed by atoms with E-state index in [0.717, 1.165) is 12.8 Å². The summed E-state index contributed by atoms with van der Waals surface area (Å²) in [7, 11) is 1.73. The van der Waals surface area contributed by atoms with Gasteiger partial charge in [0, 0.05) is 32.1 Å². The van der Waals surface area contributed by atoms with Gasteiger partial charge in [-0.2, -0.15) is 5.10 Å². The largest absolute Gasteiger partial charge is 0.372 e. The summed E-state index contributed by atoms with van der Waals surface area (Å²) in [6.45, 7) is 5.03. The summed E-state index contributed by atoms with van der Waals surface area (Å²) in [6.07, 6.45) is 1.92. The van der Waals surface area contributed by atoms with Crippen LogP contribution >= 0.6 is 0 Å². The Bertz CT molecular complexity index is 584. The van der Waals surface area contributed by atoms with Crippen molar-refractivity contribution in [3.63, 3.8) is 0 Å². The molecule has 0 bridgehead atoms. The average Bonchev–Trinajstić information content (AvgIpc) is 3.23. The summed E-state index contributed by atoms with van der Waals surface area (Å²) in [5.74, 6) is 0.574. The molecule has 7 nitrogen and oxygen atoms in total. The van der Waals surface area contributed by atoms with Crippen LogP contribution in [0.4, 0.5) is 5.82 Å². The highest BCUT2D eigenvalue weighted by Gasteiger charge is 2.31. The molecule has 0 aromatic carbocycles. The van der Waals surface area contributed by atoms with Crippen molar-refractivity contribution in [1.82, 2.24) is 14.7 Å². The van der Waals surface area contributed by atoms with Gasteiger partial charge in [0.15, 0.2) is 5.69 Å². The first kappa shape index (κ1) is 15.0. The standard InChI is InChI=1S/C15H22N4O3/c1-9-7-19(8-10(2)22-9)15(21)12-6-13(18(3)17-12)16-14(20)11-4-5-11/h6,9-11H,4-5,7-8H2,1-3H3,(H,16,20). The minimum absolute atomic E-state index is 0.00983. The highest BCUT2D eigenvalue weighted by atomic mass is 16.5. The van der Waals surface area contributed by atoms with E-state index in [1.807, 2.05) is 13.8 Å². The SMILES string of the molecule is CC1CN(C(=O)c2cc(NC(=O)C3CC3)n(C)n2)CC(C)O1. The first-order valence-corrected chi connectivity index (χ1v) is 7.73. The van der Waals surface area contributed by atoms with Crippen LogP contribution in [0.25, 0.3) is 0 Å². The number of aryl methyl sites for hydroxylation is 1. The number of amides is 2. The number of nitrogens with one attached hydrogen (secondary N) is 1. The molecule has 1 aliphatic carbocycles. The average molecular weight is 306 g/mol. The molecular formula is C15H22N4O3. The molecule has 7 heteroatoms. The second kappa shape index (κ2) is 5.72. The molecule has 120 valence electrons. The lowest BCUT2D eigenvalue weighted by Crippen LogP contribution is -2.48. The van der Waals surface area contributed by atoms with Crippen LogP contribution in [-0.2, 0) is 16.6 Å². The fourth-order valence-electron chi connectivity index (χ4n) is 2.77. The van der Waals surface area contributed by atoms with Crippen LogP contribution in [-0.4, -0.2) is 51.8 Å². The Hall–Kier alpha value is -1.89. The van der Waals surface area contributed by atoms with Crippen molar-refractivity contribution in [3.05, 3.63) is 11.8 Å². The molecule has 1 aromatic heterocycles. The fraction of sp³-hybridized carbons (Fsp3) is 0.667. The molecular weight excluding hydrogens is 284 g/mol. The molecule has 1 N–H and O–H groups in total. The predicted octanol–water partition coefficient (Wildman–Crippen LogP) is 1.02. The van der Waals surface area contributed by atoms with Gasteiger partial charge in [-0.25, -0.2) is 0 Å². The number of carbonyl (C=O) groups is 2. The highest BCUT2D eigenvalue weighted by molar-refractivity contribution is 5.96. The van der Waals surface area contributed by atoms with Gasteiger partial charge >= 0.3 is 0 Å². The number of hydrogen-bond donors (Lipinski definition) is 1. The minimum Gasteiger partial charge on any atom is -0.372 e. The number of nitrogens with zero attached hydrogens (tertiary/aromatic N) is 3. The molecule has 22 heavy (non-hydrogen) atoms. The van der Waals surface area contributed by atoms with Crippen LogP contribution in [0.3, 0.4) is 0 Å². The number of carbonyl (C=O) groups excluding carboxylic acids is 2. The van der Waals surface area contributed by atoms with Crippen molar-refractivity contribution in [2.24, 2.45) is 13.0 Å². The number of hydrogen-bond acceptors (Lipinski definition) is 4. The number of morpholine rings is 1. The van der Waals surface area contributed by atoms with E-state index in [4.69, 9.17) is 4.74 Å². The van der Waals surface area contributed by atoms with Crippen LogP contribution in [0.15, 0.2) is 6.07 Å². The van der Waals surface area contributed by atoms with Gasteiger partial charge in [0.05, 0.1) is 12.2 Å². The molecule has 2 aliphatic rings. The predicted molar refractivity (Wildman–Crippen MR) is 80.5 cm³/mol. The third-order valence-corrected chi connectivity index (χ3v) is 4.01. The number of rotatable bonds is 3. The van der Waals surface area contributed by atoms with Crippen molar-refractivity contribution in [2.75, 3.05) is 18.4 Å². The Morgan fingerprint density at radius 1 is 1.27 bits per heavy atom. The molecule has 0 spiro atoms. The zero-order valence-corrected chi connectivity index (χ0v) is 13.2. The lowest BCUT2D eigenvalue weighted by molar-refractivity contribution is -0.117. The van der Waals surface area contributed by atoms with Gasteiger partial charge in [0.1, 0.15) is 5.82 Å². The quantitative estimate of drug-likeness (QED) is 0.904. The number of ether oxygens (including phenoxy) is 1. The van der Waals surface area contributed by atoms with Crippen molar-refractivity contribution >= 4 is 17.6 Å². The van der Waals surface area contributed by atoms with Crippen molar-refractivity contribution in [2.45, 2.75) is 38.9 Å². The normalized spacial score (nSPS) is 25.1. The summed E-state index contributed by atoms with van der Waals surface area (Å²) >= 11 is 0. The number of aromatic nitrogens is 2. The molecule has 0 radical (unpaired) electrons. The summed E-state index contributed by atoms with van der Waals surface area (Å²) in [4.78, 5) is 26.2. The highest BCUT2D eigenvalue weighted by Crippen LogP contribution is 2.30. The van der Waals surface area contributed by atoms with E-state index >= 15 is 0 Å². The van der Waals surface area contributed by atoms with E-state index in [9.17, 15) is 9.59 Å². The van der Waals surface area contributed by atoms with E-state index in [0.29, 0.717) is 24.6 Å². The molecule has 1 saturated carbocycles. The zero-order chi connectivity index (χ0) is 15.9. The first-order valence-electron chi connectivity index (χ1n) is 7.73. The van der Waals surface area contributed by atoms with Crippen molar-refractivity contribution < 1.29 is 14.3 Å². The molecule has 1 aromatic rings. The van der Waals surface area contributed by atoms with Crippen LogP contribution < -0.4 is 5.32 Å². The summed E-state index contributed by atoms with van der Waals surface area (Å²) in [5.41, 5.74) is 0.356. The van der Waals surface area contributed by atoms with E-state index in [1.54, 1.807) is 22.7 Å². The fourth-order valence-corrected chi connectivity index (χ4v) is 2.77. The maximum absolute atomic E-state index is 12.6. The first-order chi connectivity index (χ1) is 10.4. The lowest BCUT2D eigenvalue weighted by atomic mass is 10.2. The maximum atomic E-state index is 12.6. The maximum Gasteiger partial charge on any atom is 0.274 e. The van der Waals surface area contributed by atoms with E-state index < -0.39 is 0 Å². The van der Waals surface area contributed by atoms with Gasteiger partial charge in [0.2, 0.25) is 5.91 Å². The van der Waals surface area contributed by atoms with E-state index in [-0.39, 0.29) is 29.9 Å². The van der Waals surface area contributed by atoms with Gasteiger partial charge in [0.25, 0.3) is 5.91 Å². The summed E-state index contributed by atoms with van der Waals surface area (Å²) in [6, 6.07) is 1.65. The van der Waals surface area contributed by atoms with Gasteiger partial charge in [-0.1, -0.05) is 0 Å². The second-order valence-electron chi connectivity index (χ2n) is 6.27. The smallest absolute Gasteiger partial charge is 0.274 e. The molecule has 2 heterocycles. The molecule has 3 rings (SSSR count). The molecule has 2 atom stereocenters. The van der Waals surface area contributed by atoms with Crippen LogP contribution in [0.1, 0.15) is 37.2 Å². The minimum atomic E-state index is -0.121. The molecule has 1 aliphatic heterocycles. The van der Waals surface area contributed by atoms with Crippen molar-refractivity contribution in [3.8, 4) is 0 Å². The van der Waals surface area contributed by atoms with Gasteiger partial charge in [-0.3, -0.25) is 14.3 Å². The zero-order valence-electron chi connectivity index (χ0n) is 13.2. The van der Waals surface area contributed by atoms with E-state index in [2.05, 4.69) is 10.4 Å². The second-order valence-corrected chi connectivity index (χ2v) is 6.27.